The van der Waals surface area contributed by atoms with Crippen LogP contribution in [0.15, 0.2) is 0 Å². The lowest BCUT2D eigenvalue weighted by atomic mass is 9.85. The van der Waals surface area contributed by atoms with E-state index in [0.29, 0.717) is 0 Å². The molecule has 1 unspecified atom stereocenters. The van der Waals surface area contributed by atoms with Gasteiger partial charge in [0.15, 0.2) is 7.85 Å². The molecule has 0 saturated heterocycles. The Morgan fingerprint density at radius 2 is 1.92 bits per heavy atom. The summed E-state index contributed by atoms with van der Waals surface area (Å²) in [5, 5.41) is 2.42. The van der Waals surface area contributed by atoms with Gasteiger partial charge in [-0.15, -0.1) is 0 Å². The molecular weight excluding hydrogens is 155 g/mol. The van der Waals surface area contributed by atoms with E-state index in [9.17, 15) is 9.59 Å². The molecule has 0 rings (SSSR count). The van der Waals surface area contributed by atoms with Crippen LogP contribution in [0.25, 0.3) is 0 Å². The van der Waals surface area contributed by atoms with Crippen molar-refractivity contribution in [3.8, 4) is 0 Å². The first-order chi connectivity index (χ1) is 5.27. The van der Waals surface area contributed by atoms with Gasteiger partial charge in [-0.2, -0.15) is 0 Å². The summed E-state index contributed by atoms with van der Waals surface area (Å²) in [4.78, 5) is 21.8. The maximum absolute atomic E-state index is 11.0. The largest absolute Gasteiger partial charge is 0.344 e. The minimum absolute atomic E-state index is 0.390. The topological polar surface area (TPSA) is 72.2 Å². The van der Waals surface area contributed by atoms with E-state index in [0.717, 1.165) is 0 Å². The van der Waals surface area contributed by atoms with Crippen LogP contribution < -0.4 is 11.1 Å². The lowest BCUT2D eigenvalue weighted by Crippen LogP contribution is -2.54. The molecule has 0 fully saturated rings. The fraction of sp³-hybridized carbons (Fsp3) is 0.714. The van der Waals surface area contributed by atoms with Gasteiger partial charge in [-0.1, -0.05) is 0 Å². The van der Waals surface area contributed by atoms with E-state index in [2.05, 4.69) is 5.32 Å². The molecule has 0 spiro atoms. The third-order valence-corrected chi connectivity index (χ3v) is 1.47. The maximum Gasteiger partial charge on any atom is 0.237 e. The maximum atomic E-state index is 11.0. The Hall–Kier alpha value is -0.835. The van der Waals surface area contributed by atoms with Gasteiger partial charge in [-0.05, 0) is 20.8 Å². The van der Waals surface area contributed by atoms with Crippen LogP contribution in [0.5, 0.6) is 0 Å². The highest BCUT2D eigenvalue weighted by atomic mass is 16.2. The molecule has 1 atom stereocenters. The molecule has 1 amide bonds. The first-order valence-corrected chi connectivity index (χ1v) is 3.65. The second kappa shape index (κ2) is 3.71. The molecule has 12 heavy (non-hydrogen) atoms. The highest BCUT2D eigenvalue weighted by Gasteiger charge is 2.25. The molecule has 66 valence electrons. The average molecular weight is 168 g/mol. The fourth-order valence-electron chi connectivity index (χ4n) is 0.483. The molecule has 0 aromatic heterocycles. The molecule has 0 aliphatic carbocycles. The lowest BCUT2D eigenvalue weighted by Gasteiger charge is -2.24. The smallest absolute Gasteiger partial charge is 0.237 e. The molecule has 5 heteroatoms. The second-order valence-corrected chi connectivity index (χ2v) is 3.27. The number of hydrogen-bond acceptors (Lipinski definition) is 3. The zero-order valence-corrected chi connectivity index (χ0v) is 7.55. The van der Waals surface area contributed by atoms with Crippen molar-refractivity contribution in [3.63, 3.8) is 0 Å². The van der Waals surface area contributed by atoms with Crippen LogP contribution in [0.3, 0.4) is 0 Å². The van der Waals surface area contributed by atoms with Gasteiger partial charge in [-0.25, -0.2) is 0 Å². The Labute approximate surface area is 73.3 Å². The van der Waals surface area contributed by atoms with Gasteiger partial charge in [0.25, 0.3) is 0 Å². The number of nitrogens with one attached hydrogen (secondary N) is 1. The summed E-state index contributed by atoms with van der Waals surface area (Å²) in [6.07, 6.45) is 0. The van der Waals surface area contributed by atoms with Crippen molar-refractivity contribution in [2.45, 2.75) is 32.4 Å². The van der Waals surface area contributed by atoms with Crippen molar-refractivity contribution in [3.05, 3.63) is 0 Å². The predicted octanol–water partition coefficient (Wildman–Crippen LogP) is -1.08. The molecule has 2 radical (unpaired) electrons. The number of rotatable bonds is 3. The Morgan fingerprint density at radius 1 is 1.50 bits per heavy atom. The molecule has 0 aromatic carbocycles. The molecule has 0 aliphatic heterocycles. The Morgan fingerprint density at radius 3 is 2.17 bits per heavy atom. The summed E-state index contributed by atoms with van der Waals surface area (Å²) in [6, 6.07) is -0.636. The fourth-order valence-corrected chi connectivity index (χ4v) is 0.483. The van der Waals surface area contributed by atoms with Crippen molar-refractivity contribution >= 4 is 19.4 Å². The number of carbonyl (C=O) groups excluding carboxylic acids is 2. The van der Waals surface area contributed by atoms with Gasteiger partial charge in [0.2, 0.25) is 5.91 Å². The molecule has 3 N–H and O–H groups in total. The zero-order valence-electron chi connectivity index (χ0n) is 7.55. The third-order valence-electron chi connectivity index (χ3n) is 1.47. The molecule has 0 saturated carbocycles. The van der Waals surface area contributed by atoms with Crippen LogP contribution in [-0.2, 0) is 9.59 Å². The Kier molecular flexibility index (Phi) is 3.45. The van der Waals surface area contributed by atoms with E-state index in [1.54, 1.807) is 0 Å². The summed E-state index contributed by atoms with van der Waals surface area (Å²) in [7, 11) is 5.02. The number of carbonyl (C=O) groups is 2. The zero-order chi connectivity index (χ0) is 9.94. The van der Waals surface area contributed by atoms with Crippen LogP contribution in [0.1, 0.15) is 20.8 Å². The van der Waals surface area contributed by atoms with Crippen molar-refractivity contribution in [1.82, 2.24) is 5.32 Å². The number of nitrogens with two attached hydrogens (primary N) is 1. The Balaban J connectivity index is 4.25. The summed E-state index contributed by atoms with van der Waals surface area (Å²) >= 11 is 0. The van der Waals surface area contributed by atoms with Crippen molar-refractivity contribution in [2.75, 3.05) is 0 Å². The molecule has 4 nitrogen and oxygen atoms in total. The third kappa shape index (κ3) is 3.05. The van der Waals surface area contributed by atoms with E-state index >= 15 is 0 Å². The summed E-state index contributed by atoms with van der Waals surface area (Å²) < 4.78 is 0. The van der Waals surface area contributed by atoms with E-state index in [1.165, 1.54) is 20.8 Å². The normalized spacial score (nSPS) is 13.7. The predicted molar refractivity (Wildman–Crippen MR) is 46.6 cm³/mol. The van der Waals surface area contributed by atoms with Gasteiger partial charge in [-0.3, -0.25) is 4.79 Å². The van der Waals surface area contributed by atoms with E-state index < -0.39 is 17.3 Å². The van der Waals surface area contributed by atoms with E-state index in [-0.39, 0.29) is 5.91 Å². The summed E-state index contributed by atoms with van der Waals surface area (Å²) in [5.74, 6) is -0.390. The average Bonchev–Trinajstić information content (AvgIpc) is 1.85. The van der Waals surface area contributed by atoms with Crippen LogP contribution in [0.2, 0.25) is 0 Å². The van der Waals surface area contributed by atoms with Gasteiger partial charge in [0, 0.05) is 0 Å². The molecule has 0 bridgehead atoms. The molecule has 0 aliphatic rings. The van der Waals surface area contributed by atoms with Crippen molar-refractivity contribution in [2.24, 2.45) is 5.73 Å². The van der Waals surface area contributed by atoms with E-state index in [1.807, 2.05) is 0 Å². The second-order valence-electron chi connectivity index (χ2n) is 3.27. The SMILES string of the molecule is [B]C(=O)C(C)(C)NC(=O)C(C)N. The van der Waals surface area contributed by atoms with Crippen LogP contribution in [0, 0.1) is 0 Å². The highest BCUT2D eigenvalue weighted by Crippen LogP contribution is 2.01. The van der Waals surface area contributed by atoms with Crippen LogP contribution in [0.4, 0.5) is 0 Å². The first-order valence-electron chi connectivity index (χ1n) is 3.65. The first kappa shape index (κ1) is 11.2. The lowest BCUT2D eigenvalue weighted by molar-refractivity contribution is -0.127. The highest BCUT2D eigenvalue weighted by molar-refractivity contribution is 6.60. The van der Waals surface area contributed by atoms with Gasteiger partial charge < -0.3 is 15.8 Å². The monoisotopic (exact) mass is 168 g/mol. The van der Waals surface area contributed by atoms with Crippen molar-refractivity contribution in [1.29, 1.82) is 0 Å². The summed E-state index contributed by atoms with van der Waals surface area (Å²) in [5.41, 5.74) is 3.66. The Bertz CT molecular complexity index is 202. The standard InChI is InChI=1S/C7H13BN2O2/c1-4(9)5(11)10-7(2,3)6(8)12/h4H,9H2,1-3H3,(H,10,11). The van der Waals surface area contributed by atoms with Crippen LogP contribution >= 0.6 is 0 Å². The molecular formula is C7H13BN2O2. The van der Waals surface area contributed by atoms with Crippen molar-refractivity contribution < 1.29 is 9.59 Å². The number of amides is 1. The van der Waals surface area contributed by atoms with Gasteiger partial charge >= 0.3 is 0 Å². The van der Waals surface area contributed by atoms with Crippen LogP contribution in [-0.4, -0.2) is 31.0 Å². The molecule has 0 heterocycles. The number of hydrogen-bond donors (Lipinski definition) is 2. The summed E-state index contributed by atoms with van der Waals surface area (Å²) in [6.45, 7) is 4.58. The van der Waals surface area contributed by atoms with Gasteiger partial charge in [0.05, 0.1) is 17.3 Å². The van der Waals surface area contributed by atoms with E-state index in [4.69, 9.17) is 13.6 Å². The minimum atomic E-state index is -1.04. The van der Waals surface area contributed by atoms with Gasteiger partial charge in [0.1, 0.15) is 0 Å². The minimum Gasteiger partial charge on any atom is -0.344 e. The quantitative estimate of drug-likeness (QED) is 0.526. The molecule has 0 aromatic rings.